The molecule has 0 fully saturated rings. The lowest BCUT2D eigenvalue weighted by atomic mass is 9.98. The Bertz CT molecular complexity index is 566. The Morgan fingerprint density at radius 3 is 2.35 bits per heavy atom. The van der Waals surface area contributed by atoms with Gasteiger partial charge in [-0.15, -0.1) is 0 Å². The van der Waals surface area contributed by atoms with Crippen LogP contribution in [0, 0.1) is 0 Å². The van der Waals surface area contributed by atoms with Crippen LogP contribution in [-0.2, 0) is 0 Å². The van der Waals surface area contributed by atoms with Gasteiger partial charge in [-0.2, -0.15) is 0 Å². The Hall–Kier alpha value is -1.22. The van der Waals surface area contributed by atoms with Gasteiger partial charge in [0, 0.05) is 21.2 Å². The van der Waals surface area contributed by atoms with E-state index in [1.54, 1.807) is 18.2 Å². The van der Waals surface area contributed by atoms with Crippen molar-refractivity contribution in [3.63, 3.8) is 0 Å². The molecule has 4 heteroatoms. The molecule has 2 aromatic rings. The summed E-state index contributed by atoms with van der Waals surface area (Å²) >= 11 is 12.5. The SMILES string of the molecule is CCCOc1ccccc1C(N)c1c(Cl)cccc1Cl. The third-order valence-electron chi connectivity index (χ3n) is 3.03. The molecule has 0 saturated carbocycles. The standard InChI is InChI=1S/C16H17Cl2NO/c1-2-10-20-14-9-4-3-6-11(14)16(19)15-12(17)7-5-8-13(15)18/h3-9,16H,2,10,19H2,1H3. The molecule has 2 aromatic carbocycles. The molecule has 0 saturated heterocycles. The Morgan fingerprint density at radius 1 is 1.05 bits per heavy atom. The number of hydrogen-bond acceptors (Lipinski definition) is 2. The van der Waals surface area contributed by atoms with Crippen LogP contribution in [0.4, 0.5) is 0 Å². The fourth-order valence-corrected chi connectivity index (χ4v) is 2.68. The van der Waals surface area contributed by atoms with E-state index in [1.165, 1.54) is 0 Å². The summed E-state index contributed by atoms with van der Waals surface area (Å²) in [7, 11) is 0. The summed E-state index contributed by atoms with van der Waals surface area (Å²) in [6, 6.07) is 12.7. The molecule has 0 aliphatic rings. The first kappa shape index (κ1) is 15.2. The van der Waals surface area contributed by atoms with Gasteiger partial charge in [0.15, 0.2) is 0 Å². The van der Waals surface area contributed by atoms with Crippen LogP contribution in [0.15, 0.2) is 42.5 Å². The van der Waals surface area contributed by atoms with Crippen LogP contribution in [0.25, 0.3) is 0 Å². The second-order valence-electron chi connectivity index (χ2n) is 4.50. The quantitative estimate of drug-likeness (QED) is 0.858. The third-order valence-corrected chi connectivity index (χ3v) is 3.69. The lowest BCUT2D eigenvalue weighted by Crippen LogP contribution is -2.14. The third kappa shape index (κ3) is 3.26. The van der Waals surface area contributed by atoms with Crippen molar-refractivity contribution in [2.24, 2.45) is 5.73 Å². The van der Waals surface area contributed by atoms with Crippen molar-refractivity contribution in [3.8, 4) is 5.75 Å². The zero-order valence-electron chi connectivity index (χ0n) is 11.3. The molecule has 0 radical (unpaired) electrons. The number of nitrogens with two attached hydrogens (primary N) is 1. The van der Waals surface area contributed by atoms with Gasteiger partial charge in [-0.05, 0) is 24.6 Å². The molecule has 0 aliphatic carbocycles. The topological polar surface area (TPSA) is 35.2 Å². The van der Waals surface area contributed by atoms with Gasteiger partial charge in [-0.25, -0.2) is 0 Å². The predicted octanol–water partition coefficient (Wildman–Crippen LogP) is 4.83. The maximum atomic E-state index is 6.34. The normalized spacial score (nSPS) is 12.2. The lowest BCUT2D eigenvalue weighted by Gasteiger charge is -2.19. The van der Waals surface area contributed by atoms with Crippen molar-refractivity contribution in [3.05, 3.63) is 63.6 Å². The summed E-state index contributed by atoms with van der Waals surface area (Å²) in [6.45, 7) is 2.72. The van der Waals surface area contributed by atoms with Crippen molar-refractivity contribution >= 4 is 23.2 Å². The Balaban J connectivity index is 2.40. The smallest absolute Gasteiger partial charge is 0.124 e. The van der Waals surface area contributed by atoms with E-state index in [0.29, 0.717) is 16.7 Å². The number of rotatable bonds is 5. The van der Waals surface area contributed by atoms with Crippen LogP contribution >= 0.6 is 23.2 Å². The zero-order chi connectivity index (χ0) is 14.5. The molecule has 2 nitrogen and oxygen atoms in total. The van der Waals surface area contributed by atoms with Gasteiger partial charge in [0.2, 0.25) is 0 Å². The molecule has 2 N–H and O–H groups in total. The minimum absolute atomic E-state index is 0.413. The highest BCUT2D eigenvalue weighted by Gasteiger charge is 2.19. The van der Waals surface area contributed by atoms with Gasteiger partial charge >= 0.3 is 0 Å². The van der Waals surface area contributed by atoms with E-state index in [9.17, 15) is 0 Å². The molecule has 106 valence electrons. The molecule has 0 bridgehead atoms. The highest BCUT2D eigenvalue weighted by Crippen LogP contribution is 2.36. The number of hydrogen-bond donors (Lipinski definition) is 1. The van der Waals surface area contributed by atoms with Crippen LogP contribution in [0.1, 0.15) is 30.5 Å². The second kappa shape index (κ2) is 6.98. The van der Waals surface area contributed by atoms with Gasteiger partial charge in [-0.1, -0.05) is 54.4 Å². The van der Waals surface area contributed by atoms with E-state index < -0.39 is 6.04 Å². The summed E-state index contributed by atoms with van der Waals surface area (Å²) in [4.78, 5) is 0. The highest BCUT2D eigenvalue weighted by molar-refractivity contribution is 6.36. The first-order valence-corrected chi connectivity index (χ1v) is 7.32. The average Bonchev–Trinajstić information content (AvgIpc) is 2.45. The van der Waals surface area contributed by atoms with Gasteiger partial charge in [-0.3, -0.25) is 0 Å². The molecule has 20 heavy (non-hydrogen) atoms. The van der Waals surface area contributed by atoms with E-state index in [0.717, 1.165) is 23.3 Å². The van der Waals surface area contributed by atoms with E-state index in [2.05, 4.69) is 6.92 Å². The Morgan fingerprint density at radius 2 is 1.70 bits per heavy atom. The summed E-state index contributed by atoms with van der Waals surface area (Å²) in [6.07, 6.45) is 0.941. The maximum absolute atomic E-state index is 6.34. The van der Waals surface area contributed by atoms with E-state index in [4.69, 9.17) is 33.7 Å². The maximum Gasteiger partial charge on any atom is 0.124 e. The van der Waals surface area contributed by atoms with Gasteiger partial charge in [0.05, 0.1) is 12.6 Å². The molecule has 0 aromatic heterocycles. The van der Waals surface area contributed by atoms with Crippen molar-refractivity contribution in [1.29, 1.82) is 0 Å². The lowest BCUT2D eigenvalue weighted by molar-refractivity contribution is 0.313. The minimum atomic E-state index is -0.413. The number of para-hydroxylation sites is 1. The van der Waals surface area contributed by atoms with Crippen LogP contribution in [0.2, 0.25) is 10.0 Å². The Labute approximate surface area is 129 Å². The first-order chi connectivity index (χ1) is 9.65. The van der Waals surface area contributed by atoms with Gasteiger partial charge in [0.25, 0.3) is 0 Å². The number of halogens is 2. The largest absolute Gasteiger partial charge is 0.493 e. The summed E-state index contributed by atoms with van der Waals surface area (Å²) in [5.41, 5.74) is 7.95. The molecule has 2 rings (SSSR count). The monoisotopic (exact) mass is 309 g/mol. The fourth-order valence-electron chi connectivity index (χ4n) is 2.04. The number of benzene rings is 2. The van der Waals surface area contributed by atoms with Crippen molar-refractivity contribution in [2.45, 2.75) is 19.4 Å². The minimum Gasteiger partial charge on any atom is -0.493 e. The molecule has 1 unspecified atom stereocenters. The fraction of sp³-hybridized carbons (Fsp3) is 0.250. The predicted molar refractivity (Wildman–Crippen MR) is 84.7 cm³/mol. The molecule has 1 atom stereocenters. The summed E-state index contributed by atoms with van der Waals surface area (Å²) in [5.74, 6) is 0.776. The van der Waals surface area contributed by atoms with Crippen molar-refractivity contribution in [1.82, 2.24) is 0 Å². The molecular weight excluding hydrogens is 293 g/mol. The summed E-state index contributed by atoms with van der Waals surface area (Å²) in [5, 5.41) is 1.13. The first-order valence-electron chi connectivity index (χ1n) is 6.56. The van der Waals surface area contributed by atoms with E-state index >= 15 is 0 Å². The van der Waals surface area contributed by atoms with Gasteiger partial charge < -0.3 is 10.5 Å². The molecular formula is C16H17Cl2NO. The van der Waals surface area contributed by atoms with Crippen LogP contribution in [-0.4, -0.2) is 6.61 Å². The van der Waals surface area contributed by atoms with Crippen LogP contribution in [0.3, 0.4) is 0 Å². The highest BCUT2D eigenvalue weighted by atomic mass is 35.5. The van der Waals surface area contributed by atoms with Crippen molar-refractivity contribution in [2.75, 3.05) is 6.61 Å². The molecule has 0 aliphatic heterocycles. The summed E-state index contributed by atoms with van der Waals surface area (Å²) < 4.78 is 5.74. The number of ether oxygens (including phenoxy) is 1. The van der Waals surface area contributed by atoms with E-state index in [-0.39, 0.29) is 0 Å². The Kier molecular flexibility index (Phi) is 5.30. The van der Waals surface area contributed by atoms with Gasteiger partial charge in [0.1, 0.15) is 5.75 Å². The molecule has 0 heterocycles. The van der Waals surface area contributed by atoms with E-state index in [1.807, 2.05) is 24.3 Å². The van der Waals surface area contributed by atoms with Crippen LogP contribution in [0.5, 0.6) is 5.75 Å². The molecule has 0 spiro atoms. The average molecular weight is 310 g/mol. The zero-order valence-corrected chi connectivity index (χ0v) is 12.8. The van der Waals surface area contributed by atoms with Crippen molar-refractivity contribution < 1.29 is 4.74 Å². The van der Waals surface area contributed by atoms with Crippen LogP contribution < -0.4 is 10.5 Å². The second-order valence-corrected chi connectivity index (χ2v) is 5.31. The molecule has 0 amide bonds.